The molecule has 0 spiro atoms. The van der Waals surface area contributed by atoms with Crippen molar-refractivity contribution in [1.29, 1.82) is 0 Å². The summed E-state index contributed by atoms with van der Waals surface area (Å²) in [5, 5.41) is 3.97. The Labute approximate surface area is 304 Å². The van der Waals surface area contributed by atoms with Crippen LogP contribution in [0.15, 0.2) is 170 Å². The van der Waals surface area contributed by atoms with Gasteiger partial charge in [0.2, 0.25) is 0 Å². The molecule has 5 heteroatoms. The van der Waals surface area contributed by atoms with E-state index in [9.17, 15) is 0 Å². The first-order chi connectivity index (χ1) is 23.8. The van der Waals surface area contributed by atoms with Gasteiger partial charge in [-0.2, -0.15) is 0 Å². The van der Waals surface area contributed by atoms with Crippen molar-refractivity contribution in [2.75, 3.05) is 0 Å². The quantitative estimate of drug-likeness (QED) is 0.234. The molecular formula is C44H30CdN4. The van der Waals surface area contributed by atoms with Crippen LogP contribution in [0, 0.1) is 0 Å². The van der Waals surface area contributed by atoms with Gasteiger partial charge in [-0.3, -0.25) is 0 Å². The molecule has 8 bridgehead atoms. The summed E-state index contributed by atoms with van der Waals surface area (Å²) >= 11 is 0. The SMILES string of the molecule is [Cd+2].c1ccc(/C2=c3\cc/c([nH]3)=C(\c3ccccc3)c3ccc([n-]3)/C(c3ccccc3)=c3/cc/c([nH]3)=C(\c3ccccc3)c3ccc2[n-]3)cc1. The second-order valence-corrected chi connectivity index (χ2v) is 12.0. The summed E-state index contributed by atoms with van der Waals surface area (Å²) < 4.78 is 0. The Hall–Kier alpha value is -5.60. The Morgan fingerprint density at radius 1 is 0.265 bits per heavy atom. The van der Waals surface area contributed by atoms with E-state index in [1.54, 1.807) is 0 Å². The third-order valence-electron chi connectivity index (χ3n) is 9.00. The summed E-state index contributed by atoms with van der Waals surface area (Å²) in [7, 11) is 0. The van der Waals surface area contributed by atoms with Crippen LogP contribution in [0.25, 0.3) is 22.3 Å². The van der Waals surface area contributed by atoms with Gasteiger partial charge in [-0.1, -0.05) is 146 Å². The van der Waals surface area contributed by atoms with Crippen molar-refractivity contribution in [2.45, 2.75) is 0 Å². The Morgan fingerprint density at radius 3 is 0.714 bits per heavy atom. The summed E-state index contributed by atoms with van der Waals surface area (Å²) in [6.45, 7) is 0. The number of aromatic nitrogens is 4. The average molecular weight is 727 g/mol. The molecule has 0 unspecified atom stereocenters. The molecule has 0 fully saturated rings. The molecule has 0 amide bonds. The molecule has 2 N–H and O–H groups in total. The molecule has 0 saturated heterocycles. The van der Waals surface area contributed by atoms with E-state index in [0.717, 1.165) is 88.7 Å². The average Bonchev–Trinajstić information content (AvgIpc) is 3.98. The number of hydrogen-bond acceptors (Lipinski definition) is 0. The van der Waals surface area contributed by atoms with E-state index >= 15 is 0 Å². The van der Waals surface area contributed by atoms with Crippen LogP contribution in [0.3, 0.4) is 0 Å². The van der Waals surface area contributed by atoms with Crippen molar-refractivity contribution in [3.63, 3.8) is 0 Å². The van der Waals surface area contributed by atoms with Gasteiger partial charge in [0.15, 0.2) is 0 Å². The minimum Gasteiger partial charge on any atom is -0.657 e. The van der Waals surface area contributed by atoms with Crippen molar-refractivity contribution >= 4 is 22.3 Å². The fourth-order valence-electron chi connectivity index (χ4n) is 6.84. The van der Waals surface area contributed by atoms with Crippen molar-refractivity contribution in [2.24, 2.45) is 0 Å². The van der Waals surface area contributed by atoms with Crippen LogP contribution in [0.4, 0.5) is 0 Å². The summed E-state index contributed by atoms with van der Waals surface area (Å²) in [5.41, 5.74) is 12.2. The summed E-state index contributed by atoms with van der Waals surface area (Å²) in [5.74, 6) is 0. The molecule has 1 aliphatic rings. The van der Waals surface area contributed by atoms with E-state index in [-0.39, 0.29) is 27.3 Å². The Balaban J connectivity index is 0.00000348. The topological polar surface area (TPSA) is 59.8 Å². The number of benzene rings is 4. The largest absolute Gasteiger partial charge is 2.00 e. The van der Waals surface area contributed by atoms with Gasteiger partial charge in [0.1, 0.15) is 0 Å². The van der Waals surface area contributed by atoms with Gasteiger partial charge >= 0.3 is 27.3 Å². The second-order valence-electron chi connectivity index (χ2n) is 12.0. The maximum Gasteiger partial charge on any atom is 2.00 e. The minimum atomic E-state index is 0. The number of fused-ring (bicyclic) bond motifs is 8. The van der Waals surface area contributed by atoms with Crippen molar-refractivity contribution in [3.8, 4) is 0 Å². The van der Waals surface area contributed by atoms with E-state index in [1.807, 2.05) is 24.3 Å². The molecule has 4 aromatic heterocycles. The Kier molecular flexibility index (Phi) is 8.23. The first kappa shape index (κ1) is 30.7. The van der Waals surface area contributed by atoms with E-state index in [1.165, 1.54) is 0 Å². The van der Waals surface area contributed by atoms with Gasteiger partial charge in [-0.05, 0) is 68.8 Å². The zero-order valence-electron chi connectivity index (χ0n) is 26.8. The number of hydrogen-bond donors (Lipinski definition) is 2. The zero-order chi connectivity index (χ0) is 31.9. The van der Waals surface area contributed by atoms with Crippen LogP contribution in [0.5, 0.6) is 0 Å². The summed E-state index contributed by atoms with van der Waals surface area (Å²) in [4.78, 5) is 18.3. The molecule has 4 nitrogen and oxygen atoms in total. The zero-order valence-corrected chi connectivity index (χ0v) is 30.8. The van der Waals surface area contributed by atoms with Gasteiger partial charge in [-0.25, -0.2) is 0 Å². The van der Waals surface area contributed by atoms with Crippen LogP contribution in [-0.2, 0) is 27.3 Å². The molecule has 4 aromatic carbocycles. The fraction of sp³-hybridized carbons (Fsp3) is 0. The first-order valence-electron chi connectivity index (χ1n) is 16.2. The maximum absolute atomic E-state index is 5.35. The fourth-order valence-corrected chi connectivity index (χ4v) is 6.84. The second kappa shape index (κ2) is 13.1. The van der Waals surface area contributed by atoms with E-state index in [4.69, 9.17) is 9.97 Å². The van der Waals surface area contributed by atoms with Crippen molar-refractivity contribution < 1.29 is 27.3 Å². The number of nitrogens with one attached hydrogen (secondary N) is 2. The summed E-state index contributed by atoms with van der Waals surface area (Å²) in [6.07, 6.45) is 0. The number of rotatable bonds is 4. The van der Waals surface area contributed by atoms with Gasteiger partial charge in [0.25, 0.3) is 0 Å². The molecular weight excluding hydrogens is 697 g/mol. The number of aromatic amines is 2. The number of nitrogens with zero attached hydrogens (tertiary/aromatic N) is 2. The van der Waals surface area contributed by atoms with Crippen LogP contribution in [0.2, 0.25) is 0 Å². The van der Waals surface area contributed by atoms with E-state index < -0.39 is 0 Å². The molecule has 8 aromatic rings. The molecule has 9 rings (SSSR count). The standard InChI is InChI=1S/C44H30N4.Cd/c1-5-13-29(14-6-1)41-33-21-23-35(45-33)42(30-15-7-2-8-16-30)37-25-27-39(47-37)44(32-19-11-4-12-20-32)40-28-26-38(48-40)43(31-17-9-3-10-18-31)36-24-22-34(41)46-36;/h1-28,45,48H;/q-2;+2/b41-33-,41-34?,42-35-,42-37?,43-36?,43-38-,44-39?,44-40-;. The molecule has 0 atom stereocenters. The molecule has 0 aliphatic carbocycles. The van der Waals surface area contributed by atoms with Gasteiger partial charge < -0.3 is 19.9 Å². The summed E-state index contributed by atoms with van der Waals surface area (Å²) in [6, 6.07) is 59.2. The van der Waals surface area contributed by atoms with Crippen molar-refractivity contribution in [3.05, 3.63) is 236 Å². The smallest absolute Gasteiger partial charge is 0.657 e. The third kappa shape index (κ3) is 5.68. The van der Waals surface area contributed by atoms with Crippen molar-refractivity contribution in [1.82, 2.24) is 19.9 Å². The molecule has 49 heavy (non-hydrogen) atoms. The minimum absolute atomic E-state index is 0. The van der Waals surface area contributed by atoms with Gasteiger partial charge in [-0.15, -0.1) is 22.8 Å². The van der Waals surface area contributed by atoms with E-state index in [2.05, 4.69) is 156 Å². The Bertz CT molecular complexity index is 2280. The Morgan fingerprint density at radius 2 is 0.490 bits per heavy atom. The third-order valence-corrected chi connectivity index (χ3v) is 9.00. The molecule has 0 saturated carbocycles. The predicted octanol–water partition coefficient (Wildman–Crippen LogP) is 5.56. The molecule has 1 aliphatic heterocycles. The van der Waals surface area contributed by atoms with Gasteiger partial charge in [0, 0.05) is 21.4 Å². The van der Waals surface area contributed by atoms with Crippen LogP contribution >= 0.6 is 0 Å². The maximum atomic E-state index is 5.35. The normalized spacial score (nSPS) is 17.0. The number of H-pyrrole nitrogens is 2. The monoisotopic (exact) mass is 728 g/mol. The predicted molar refractivity (Wildman–Crippen MR) is 192 cm³/mol. The van der Waals surface area contributed by atoms with E-state index in [0.29, 0.717) is 0 Å². The molecule has 0 radical (unpaired) electrons. The van der Waals surface area contributed by atoms with Crippen LogP contribution < -0.4 is 31.4 Å². The van der Waals surface area contributed by atoms with Crippen LogP contribution in [0.1, 0.15) is 45.0 Å². The first-order valence-corrected chi connectivity index (χ1v) is 16.2. The van der Waals surface area contributed by atoms with Gasteiger partial charge in [0.05, 0.1) is 0 Å². The molecule has 5 heterocycles. The molecule has 228 valence electrons. The van der Waals surface area contributed by atoms with Crippen LogP contribution in [-0.4, -0.2) is 9.97 Å².